The number of alkyl halides is 1. The summed E-state index contributed by atoms with van der Waals surface area (Å²) in [7, 11) is -2.17. The zero-order valence-electron chi connectivity index (χ0n) is 27.0. The second-order valence-corrected chi connectivity index (χ2v) is 18.6. The first kappa shape index (κ1) is 33.5. The Kier molecular flexibility index (Phi) is 8.99. The topological polar surface area (TPSA) is 146 Å². The smallest absolute Gasteiger partial charge is 0.407 e. The van der Waals surface area contributed by atoms with Gasteiger partial charge >= 0.3 is 18.0 Å². The summed E-state index contributed by atoms with van der Waals surface area (Å²) in [6, 6.07) is 7.72. The molecule has 5 rings (SSSR count). The molecule has 1 aromatic carbocycles. The number of carbonyl (C=O) groups is 3. The fraction of sp³-hybridized carbons (Fsp3) is 0.485. The van der Waals surface area contributed by atoms with Crippen LogP contribution in [0.4, 0.5) is 4.79 Å². The molecule has 11 nitrogen and oxygen atoms in total. The third kappa shape index (κ3) is 6.12. The first-order valence-corrected chi connectivity index (χ1v) is 19.2. The van der Waals surface area contributed by atoms with Crippen molar-refractivity contribution in [3.63, 3.8) is 0 Å². The average molecular weight is 670 g/mol. The highest BCUT2D eigenvalue weighted by Gasteiger charge is 2.50. The number of alkyl carbamates (subject to hydrolysis) is 1. The van der Waals surface area contributed by atoms with Crippen molar-refractivity contribution in [1.29, 1.82) is 0 Å². The molecule has 247 valence electrons. The van der Waals surface area contributed by atoms with Crippen LogP contribution in [0.25, 0.3) is 22.3 Å². The van der Waals surface area contributed by atoms with E-state index in [-0.39, 0.29) is 55.0 Å². The van der Waals surface area contributed by atoms with E-state index in [1.807, 2.05) is 0 Å². The fourth-order valence-electron chi connectivity index (χ4n) is 6.46. The normalized spacial score (nSPS) is 17.2. The van der Waals surface area contributed by atoms with E-state index >= 15 is 0 Å². The number of nitrogens with zero attached hydrogens (tertiary/aromatic N) is 2. The molecule has 46 heavy (non-hydrogen) atoms. The molecule has 2 aromatic heterocycles. The molecule has 2 aliphatic heterocycles. The summed E-state index contributed by atoms with van der Waals surface area (Å²) in [4.78, 5) is 57.6. The van der Waals surface area contributed by atoms with Crippen LogP contribution in [0.3, 0.4) is 0 Å². The number of carbonyl (C=O) groups excluding carboxylic acids is 3. The highest BCUT2D eigenvalue weighted by molar-refractivity contribution is 6.91. The maximum Gasteiger partial charge on any atom is 0.407 e. The van der Waals surface area contributed by atoms with Gasteiger partial charge in [0.1, 0.15) is 18.0 Å². The van der Waals surface area contributed by atoms with Crippen molar-refractivity contribution in [3.8, 4) is 17.1 Å². The minimum atomic E-state index is -2.17. The third-order valence-electron chi connectivity index (χ3n) is 8.54. The van der Waals surface area contributed by atoms with Gasteiger partial charge in [0.25, 0.3) is 5.56 Å². The summed E-state index contributed by atoms with van der Waals surface area (Å²) in [6.45, 7) is 11.3. The highest BCUT2D eigenvalue weighted by atomic mass is 35.5. The number of halogens is 1. The summed E-state index contributed by atoms with van der Waals surface area (Å²) in [6.07, 6.45) is -0.0642. The van der Waals surface area contributed by atoms with Crippen LogP contribution in [-0.2, 0) is 42.6 Å². The van der Waals surface area contributed by atoms with E-state index in [9.17, 15) is 24.3 Å². The molecular weight excluding hydrogens is 630 g/mol. The van der Waals surface area contributed by atoms with Gasteiger partial charge in [0.15, 0.2) is 0 Å². The van der Waals surface area contributed by atoms with E-state index in [4.69, 9.17) is 30.8 Å². The Balaban J connectivity index is 1.57. The number of fused-ring (bicyclic) bond motifs is 5. The lowest BCUT2D eigenvalue weighted by Crippen LogP contribution is -2.47. The third-order valence-corrected chi connectivity index (χ3v) is 12.3. The summed E-state index contributed by atoms with van der Waals surface area (Å²) >= 11 is 6.10. The lowest BCUT2D eigenvalue weighted by molar-refractivity contribution is -0.189. The number of phenols is 1. The number of nitrogens with one attached hydrogen (secondary N) is 1. The monoisotopic (exact) mass is 669 g/mol. The van der Waals surface area contributed by atoms with Crippen LogP contribution in [0.15, 0.2) is 29.1 Å². The van der Waals surface area contributed by atoms with Gasteiger partial charge in [-0.1, -0.05) is 13.3 Å². The largest absolute Gasteiger partial charge is 0.508 e. The maximum atomic E-state index is 14.1. The van der Waals surface area contributed by atoms with Crippen molar-refractivity contribution < 1.29 is 33.7 Å². The number of phenolic OH excluding ortho intramolecular Hbond substituents is 1. The second-order valence-electron chi connectivity index (χ2n) is 13.4. The van der Waals surface area contributed by atoms with Crippen LogP contribution < -0.4 is 16.1 Å². The number of ether oxygens (including phenoxy) is 3. The molecule has 0 spiro atoms. The number of benzene rings is 1. The summed E-state index contributed by atoms with van der Waals surface area (Å²) in [5.41, 5.74) is 0.334. The van der Waals surface area contributed by atoms with Crippen molar-refractivity contribution in [2.45, 2.75) is 90.4 Å². The van der Waals surface area contributed by atoms with Crippen LogP contribution in [0.2, 0.25) is 19.1 Å². The number of pyridine rings is 2. The minimum Gasteiger partial charge on any atom is -0.508 e. The molecule has 0 saturated carbocycles. The van der Waals surface area contributed by atoms with E-state index in [0.29, 0.717) is 22.8 Å². The van der Waals surface area contributed by atoms with Crippen LogP contribution in [0, 0.1) is 0 Å². The Morgan fingerprint density at radius 1 is 1.20 bits per heavy atom. The van der Waals surface area contributed by atoms with Gasteiger partial charge in [0.05, 0.1) is 35.4 Å². The highest BCUT2D eigenvalue weighted by Crippen LogP contribution is 2.41. The minimum absolute atomic E-state index is 0.0217. The van der Waals surface area contributed by atoms with Gasteiger partial charge in [0.2, 0.25) is 5.60 Å². The Hall–Kier alpha value is -3.90. The number of esters is 2. The van der Waals surface area contributed by atoms with Crippen molar-refractivity contribution in [2.24, 2.45) is 0 Å². The second kappa shape index (κ2) is 12.4. The van der Waals surface area contributed by atoms with Crippen LogP contribution in [0.1, 0.15) is 63.6 Å². The zero-order valence-corrected chi connectivity index (χ0v) is 28.8. The maximum absolute atomic E-state index is 14.1. The molecule has 3 aromatic rings. The van der Waals surface area contributed by atoms with Crippen molar-refractivity contribution in [3.05, 3.63) is 51.3 Å². The van der Waals surface area contributed by atoms with Crippen LogP contribution in [-0.4, -0.2) is 58.8 Å². The van der Waals surface area contributed by atoms with E-state index in [2.05, 4.69) is 18.4 Å². The molecule has 0 saturated heterocycles. The van der Waals surface area contributed by atoms with E-state index in [0.717, 1.165) is 28.6 Å². The fourth-order valence-corrected chi connectivity index (χ4v) is 10.1. The lowest BCUT2D eigenvalue weighted by atomic mass is 9.85. The first-order chi connectivity index (χ1) is 21.6. The number of hydrogen-bond donors (Lipinski definition) is 2. The summed E-state index contributed by atoms with van der Waals surface area (Å²) in [5.74, 6) is -0.854. The average Bonchev–Trinajstić information content (AvgIpc) is 3.33. The molecule has 2 N–H and O–H groups in total. The molecule has 13 heteroatoms. The molecule has 1 atom stereocenters. The zero-order chi connectivity index (χ0) is 33.6. The number of aromatic hydroxyl groups is 1. The van der Waals surface area contributed by atoms with Gasteiger partial charge in [0, 0.05) is 18.0 Å². The van der Waals surface area contributed by atoms with E-state index in [1.165, 1.54) is 0 Å². The molecule has 2 aliphatic rings. The Bertz CT molecular complexity index is 1800. The van der Waals surface area contributed by atoms with Crippen molar-refractivity contribution in [1.82, 2.24) is 14.9 Å². The first-order valence-electron chi connectivity index (χ1n) is 15.5. The molecule has 0 bridgehead atoms. The van der Waals surface area contributed by atoms with Gasteiger partial charge in [-0.05, 0) is 62.4 Å². The predicted molar refractivity (Wildman–Crippen MR) is 176 cm³/mol. The number of hydrogen-bond acceptors (Lipinski definition) is 9. The Morgan fingerprint density at radius 3 is 2.61 bits per heavy atom. The summed E-state index contributed by atoms with van der Waals surface area (Å²) < 4.78 is 18.1. The molecule has 0 fully saturated rings. The van der Waals surface area contributed by atoms with E-state index in [1.54, 1.807) is 56.5 Å². The van der Waals surface area contributed by atoms with Crippen LogP contribution >= 0.6 is 11.6 Å². The SMILES string of the molecule is CC[C@@]1(OC(=O)CCNC(=O)OC(C)(C)C)C(=O)OCc2c1cc1n(c2=O)Cc2c-1nc1ccc(O)cc1c2[Si-](C)(C)CCCCl. The van der Waals surface area contributed by atoms with Gasteiger partial charge in [-0.2, -0.15) is 24.3 Å². The Morgan fingerprint density at radius 2 is 1.93 bits per heavy atom. The molecule has 0 radical (unpaired) electrons. The molecule has 0 unspecified atom stereocenters. The quantitative estimate of drug-likeness (QED) is 0.111. The van der Waals surface area contributed by atoms with E-state index < -0.39 is 37.3 Å². The van der Waals surface area contributed by atoms with Gasteiger partial charge in [-0.15, -0.1) is 19.7 Å². The van der Waals surface area contributed by atoms with Gasteiger partial charge < -0.3 is 29.2 Å². The lowest BCUT2D eigenvalue weighted by Gasteiger charge is -2.38. The van der Waals surface area contributed by atoms with Gasteiger partial charge in [-0.25, -0.2) is 14.6 Å². The predicted octanol–water partition coefficient (Wildman–Crippen LogP) is 4.80. The number of cyclic esters (lactones) is 1. The van der Waals surface area contributed by atoms with Crippen LogP contribution in [0.5, 0.6) is 5.75 Å². The number of rotatable bonds is 9. The molecular formula is C33H40ClN3O8Si-. The molecule has 4 heterocycles. The van der Waals surface area contributed by atoms with Crippen molar-refractivity contribution >= 4 is 53.8 Å². The van der Waals surface area contributed by atoms with Crippen molar-refractivity contribution in [2.75, 3.05) is 12.4 Å². The Labute approximate surface area is 273 Å². The number of aromatic nitrogens is 2. The number of amides is 1. The standard InChI is InChI=1S/C33H40ClN3O8Si/c1-7-33(44-26(39)11-13-35-31(42)45-32(2,3)4)23-16-25-27-21(17-37(25)29(40)22(23)18-43-30(33)41)28(46(5,6)14-8-12-34)20-15-19(38)9-10-24(20)36-27/h9-10,15-16,38H,7-8,11-14,17-18H2,1-6H3,(H,35,42)/q-1/t33-/m0/s1. The van der Waals surface area contributed by atoms with Gasteiger partial charge in [-0.3, -0.25) is 9.59 Å². The molecule has 1 amide bonds. The summed E-state index contributed by atoms with van der Waals surface area (Å²) in [5, 5.41) is 14.9. The molecule has 0 aliphatic carbocycles.